The third-order valence-electron chi connectivity index (χ3n) is 2.67. The maximum Gasteiger partial charge on any atom is 0.316 e. The maximum atomic E-state index is 11.9. The molecule has 0 aliphatic rings. The number of hydrogen-bond acceptors (Lipinski definition) is 3. The van der Waals surface area contributed by atoms with Gasteiger partial charge in [-0.05, 0) is 30.3 Å². The highest BCUT2D eigenvalue weighted by atomic mass is 35.5. The van der Waals surface area contributed by atoms with Crippen LogP contribution in [0.25, 0.3) is 0 Å². The number of hydrogen-bond donors (Lipinski definition) is 3. The number of carbonyl (C=O) groups is 2. The highest BCUT2D eigenvalue weighted by Gasteiger charge is 2.08. The van der Waals surface area contributed by atoms with Crippen molar-refractivity contribution < 1.29 is 14.3 Å². The second-order valence-electron chi connectivity index (χ2n) is 4.48. The fraction of sp³-hybridized carbons (Fsp3) is 0.0667. The zero-order valence-corrected chi connectivity index (χ0v) is 13.3. The van der Waals surface area contributed by atoms with Crippen LogP contribution in [-0.4, -0.2) is 18.5 Å². The molecule has 120 valence electrons. The Hall–Kier alpha value is -2.44. The summed E-state index contributed by atoms with van der Waals surface area (Å²) in [6.07, 6.45) is 0. The van der Waals surface area contributed by atoms with Gasteiger partial charge in [0.25, 0.3) is 5.91 Å². The van der Waals surface area contributed by atoms with Gasteiger partial charge in [0.15, 0.2) is 6.61 Å². The molecule has 2 rings (SSSR count). The van der Waals surface area contributed by atoms with Crippen LogP contribution in [0.2, 0.25) is 10.0 Å². The van der Waals surface area contributed by atoms with E-state index in [1.165, 1.54) is 6.07 Å². The molecule has 0 atom stereocenters. The Morgan fingerprint density at radius 2 is 1.74 bits per heavy atom. The highest BCUT2D eigenvalue weighted by molar-refractivity contribution is 6.34. The van der Waals surface area contributed by atoms with E-state index in [1.54, 1.807) is 36.4 Å². The van der Waals surface area contributed by atoms with Crippen molar-refractivity contribution in [3.05, 3.63) is 52.5 Å². The first kappa shape index (κ1) is 16.9. The molecular formula is C15H13Cl2N3O3. The summed E-state index contributed by atoms with van der Waals surface area (Å²) in [5.74, 6) is -0.0734. The molecule has 3 amide bonds. The lowest BCUT2D eigenvalue weighted by Gasteiger charge is -2.10. The van der Waals surface area contributed by atoms with Crippen LogP contribution in [0.4, 0.5) is 16.2 Å². The fourth-order valence-corrected chi connectivity index (χ4v) is 2.08. The number of halogens is 2. The van der Waals surface area contributed by atoms with Gasteiger partial charge in [-0.2, -0.15) is 0 Å². The molecular weight excluding hydrogens is 341 g/mol. The Morgan fingerprint density at radius 3 is 2.43 bits per heavy atom. The molecule has 0 bridgehead atoms. The molecule has 8 heteroatoms. The minimum absolute atomic E-state index is 0.243. The van der Waals surface area contributed by atoms with Crippen molar-refractivity contribution in [2.45, 2.75) is 0 Å². The predicted molar refractivity (Wildman–Crippen MR) is 90.2 cm³/mol. The van der Waals surface area contributed by atoms with Gasteiger partial charge in [-0.1, -0.05) is 29.3 Å². The van der Waals surface area contributed by atoms with Gasteiger partial charge in [-0.3, -0.25) is 4.79 Å². The van der Waals surface area contributed by atoms with E-state index in [-0.39, 0.29) is 6.61 Å². The van der Waals surface area contributed by atoms with Crippen LogP contribution in [0.5, 0.6) is 5.75 Å². The Morgan fingerprint density at radius 1 is 1.04 bits per heavy atom. The van der Waals surface area contributed by atoms with Crippen LogP contribution in [0.3, 0.4) is 0 Å². The maximum absolute atomic E-state index is 11.9. The van der Waals surface area contributed by atoms with Crippen molar-refractivity contribution in [1.82, 2.24) is 0 Å². The lowest BCUT2D eigenvalue weighted by atomic mass is 10.2. The molecule has 0 fully saturated rings. The SMILES string of the molecule is NC(=O)Nc1cccc(NC(=O)COc2cc(Cl)ccc2Cl)c1. The molecule has 2 aromatic carbocycles. The van der Waals surface area contributed by atoms with E-state index in [2.05, 4.69) is 10.6 Å². The highest BCUT2D eigenvalue weighted by Crippen LogP contribution is 2.27. The first-order chi connectivity index (χ1) is 10.9. The summed E-state index contributed by atoms with van der Waals surface area (Å²) in [5.41, 5.74) is 5.99. The first-order valence-corrected chi connectivity index (χ1v) is 7.24. The third-order valence-corrected chi connectivity index (χ3v) is 3.21. The quantitative estimate of drug-likeness (QED) is 0.767. The molecule has 0 saturated carbocycles. The van der Waals surface area contributed by atoms with Crippen molar-refractivity contribution in [2.24, 2.45) is 5.73 Å². The minimum atomic E-state index is -0.688. The molecule has 6 nitrogen and oxygen atoms in total. The van der Waals surface area contributed by atoms with E-state index in [0.717, 1.165) is 0 Å². The van der Waals surface area contributed by atoms with Gasteiger partial charge in [0.1, 0.15) is 5.75 Å². The molecule has 4 N–H and O–H groups in total. The number of anilines is 2. The van der Waals surface area contributed by atoms with Crippen LogP contribution < -0.4 is 21.1 Å². The van der Waals surface area contributed by atoms with Crippen LogP contribution in [0, 0.1) is 0 Å². The smallest absolute Gasteiger partial charge is 0.316 e. The molecule has 0 aliphatic carbocycles. The zero-order chi connectivity index (χ0) is 16.8. The van der Waals surface area contributed by atoms with Crippen LogP contribution >= 0.6 is 23.2 Å². The predicted octanol–water partition coefficient (Wildman–Crippen LogP) is 3.50. The van der Waals surface area contributed by atoms with Crippen molar-refractivity contribution in [1.29, 1.82) is 0 Å². The van der Waals surface area contributed by atoms with Gasteiger partial charge >= 0.3 is 6.03 Å². The topological polar surface area (TPSA) is 93.5 Å². The lowest BCUT2D eigenvalue weighted by Crippen LogP contribution is -2.21. The number of benzene rings is 2. The first-order valence-electron chi connectivity index (χ1n) is 6.48. The Balaban J connectivity index is 1.94. The Bertz CT molecular complexity index is 738. The number of amides is 3. The lowest BCUT2D eigenvalue weighted by molar-refractivity contribution is -0.118. The van der Waals surface area contributed by atoms with Crippen molar-refractivity contribution in [3.8, 4) is 5.75 Å². The van der Waals surface area contributed by atoms with Crippen molar-refractivity contribution in [2.75, 3.05) is 17.2 Å². The molecule has 0 aromatic heterocycles. The van der Waals surface area contributed by atoms with Gasteiger partial charge in [0.05, 0.1) is 5.02 Å². The van der Waals surface area contributed by atoms with Gasteiger partial charge in [0, 0.05) is 22.5 Å². The van der Waals surface area contributed by atoms with E-state index >= 15 is 0 Å². The zero-order valence-electron chi connectivity index (χ0n) is 11.8. The summed E-state index contributed by atoms with van der Waals surface area (Å²) in [7, 11) is 0. The normalized spacial score (nSPS) is 10.0. The van der Waals surface area contributed by atoms with Gasteiger partial charge in [0.2, 0.25) is 0 Å². The monoisotopic (exact) mass is 353 g/mol. The summed E-state index contributed by atoms with van der Waals surface area (Å²) in [6, 6.07) is 10.6. The molecule has 2 aromatic rings. The summed E-state index contributed by atoms with van der Waals surface area (Å²) >= 11 is 11.8. The molecule has 0 aliphatic heterocycles. The number of nitrogens with two attached hydrogens (primary N) is 1. The number of primary amides is 1. The largest absolute Gasteiger partial charge is 0.482 e. The second-order valence-corrected chi connectivity index (χ2v) is 5.33. The van der Waals surface area contributed by atoms with E-state index in [0.29, 0.717) is 27.2 Å². The van der Waals surface area contributed by atoms with Crippen LogP contribution in [0.1, 0.15) is 0 Å². The molecule has 23 heavy (non-hydrogen) atoms. The van der Waals surface area contributed by atoms with E-state index in [4.69, 9.17) is 33.7 Å². The molecule has 0 spiro atoms. The number of urea groups is 1. The number of carbonyl (C=O) groups excluding carboxylic acids is 2. The van der Waals surface area contributed by atoms with E-state index < -0.39 is 11.9 Å². The molecule has 0 unspecified atom stereocenters. The van der Waals surface area contributed by atoms with Crippen LogP contribution in [0.15, 0.2) is 42.5 Å². The standard InChI is InChI=1S/C15H13Cl2N3O3/c16-9-4-5-12(17)13(6-9)23-8-14(21)19-10-2-1-3-11(7-10)20-15(18)22/h1-7H,8H2,(H,19,21)(H3,18,20,22). The fourth-order valence-electron chi connectivity index (χ4n) is 1.75. The number of rotatable bonds is 5. The molecule has 0 radical (unpaired) electrons. The average Bonchev–Trinajstić information content (AvgIpc) is 2.48. The summed E-state index contributed by atoms with van der Waals surface area (Å²) in [5, 5.41) is 5.85. The Kier molecular flexibility index (Phi) is 5.67. The Labute approximate surface area is 142 Å². The van der Waals surface area contributed by atoms with E-state index in [1.807, 2.05) is 0 Å². The minimum Gasteiger partial charge on any atom is -0.482 e. The second kappa shape index (κ2) is 7.71. The summed E-state index contributed by atoms with van der Waals surface area (Å²) in [4.78, 5) is 22.7. The van der Waals surface area contributed by atoms with Gasteiger partial charge in [-0.15, -0.1) is 0 Å². The summed E-state index contributed by atoms with van der Waals surface area (Å²) in [6.45, 7) is -0.243. The molecule has 0 heterocycles. The van der Waals surface area contributed by atoms with Gasteiger partial charge < -0.3 is 21.1 Å². The van der Waals surface area contributed by atoms with Crippen molar-refractivity contribution >= 4 is 46.5 Å². The van der Waals surface area contributed by atoms with Crippen LogP contribution in [-0.2, 0) is 4.79 Å². The number of nitrogens with one attached hydrogen (secondary N) is 2. The third kappa shape index (κ3) is 5.36. The van der Waals surface area contributed by atoms with Crippen molar-refractivity contribution in [3.63, 3.8) is 0 Å². The number of ether oxygens (including phenoxy) is 1. The van der Waals surface area contributed by atoms with E-state index in [9.17, 15) is 9.59 Å². The average molecular weight is 354 g/mol. The molecule has 0 saturated heterocycles. The van der Waals surface area contributed by atoms with Gasteiger partial charge in [-0.25, -0.2) is 4.79 Å². The summed E-state index contributed by atoms with van der Waals surface area (Å²) < 4.78 is 5.33.